The van der Waals surface area contributed by atoms with Gasteiger partial charge in [-0.25, -0.2) is 8.51 Å². The minimum Gasteiger partial charge on any atom is -0.493 e. The number of para-hydroxylation sites is 1. The lowest BCUT2D eigenvalue weighted by Crippen LogP contribution is -2.35. The molecule has 2 atom stereocenters. The predicted molar refractivity (Wildman–Crippen MR) is 119 cm³/mol. The van der Waals surface area contributed by atoms with Crippen LogP contribution in [0.4, 0.5) is 0 Å². The first-order valence-corrected chi connectivity index (χ1v) is 11.2. The molecular formula is C24H24N2O2S. The van der Waals surface area contributed by atoms with Crippen LogP contribution in [0.3, 0.4) is 0 Å². The summed E-state index contributed by atoms with van der Waals surface area (Å²) in [4.78, 5) is 4.35. The topological polar surface area (TPSA) is 45.3 Å². The molecule has 2 heterocycles. The number of fused-ring (bicyclic) bond motifs is 4. The summed E-state index contributed by atoms with van der Waals surface area (Å²) in [5.74, 6) is 0.708. The van der Waals surface area contributed by atoms with Crippen LogP contribution < -0.4 is 4.74 Å². The Balaban J connectivity index is 1.60. The average molecular weight is 405 g/mol. The van der Waals surface area contributed by atoms with Gasteiger partial charge in [-0.05, 0) is 43.4 Å². The van der Waals surface area contributed by atoms with Gasteiger partial charge in [-0.15, -0.1) is 0 Å². The molecule has 4 aromatic rings. The largest absolute Gasteiger partial charge is 0.493 e. The fraction of sp³-hybridized carbons (Fsp3) is 0.250. The quantitative estimate of drug-likeness (QED) is 0.498. The maximum atomic E-state index is 13.9. The molecule has 1 aliphatic rings. The van der Waals surface area contributed by atoms with Crippen LogP contribution in [0.1, 0.15) is 31.1 Å². The Morgan fingerprint density at radius 1 is 1.07 bits per heavy atom. The minimum absolute atomic E-state index is 0.0282. The summed E-state index contributed by atoms with van der Waals surface area (Å²) in [5.41, 5.74) is 3.67. The molecule has 2 unspecified atom stereocenters. The summed E-state index contributed by atoms with van der Waals surface area (Å²) in [7, 11) is -1.33. The molecule has 0 amide bonds. The maximum Gasteiger partial charge on any atom is 0.137 e. The number of nitrogens with zero attached hydrogens (tertiary/aromatic N) is 1. The first kappa shape index (κ1) is 18.4. The zero-order chi connectivity index (χ0) is 20.0. The van der Waals surface area contributed by atoms with Gasteiger partial charge < -0.3 is 9.72 Å². The standard InChI is InChI=1S/C24H24N2O2S/c1-3-28-22-13-12-17-8-4-5-9-18(17)24(22)29(27)26-15-14-20-19-10-6-7-11-21(19)25-23(20)16(26)2/h4-13,16,25H,3,14-15H2,1-2H3. The van der Waals surface area contributed by atoms with Crippen molar-refractivity contribution >= 4 is 32.7 Å². The Kier molecular flexibility index (Phi) is 4.64. The van der Waals surface area contributed by atoms with Crippen molar-refractivity contribution in [3.63, 3.8) is 0 Å². The van der Waals surface area contributed by atoms with Gasteiger partial charge in [0.15, 0.2) is 0 Å². The van der Waals surface area contributed by atoms with Crippen LogP contribution in [-0.4, -0.2) is 26.6 Å². The molecule has 148 valence electrons. The summed E-state index contributed by atoms with van der Waals surface area (Å²) < 4.78 is 21.9. The van der Waals surface area contributed by atoms with Crippen molar-refractivity contribution in [3.8, 4) is 5.75 Å². The Morgan fingerprint density at radius 3 is 2.66 bits per heavy atom. The molecule has 0 aliphatic carbocycles. The zero-order valence-electron chi connectivity index (χ0n) is 16.6. The molecule has 1 aliphatic heterocycles. The molecule has 0 saturated heterocycles. The van der Waals surface area contributed by atoms with E-state index in [1.54, 1.807) is 0 Å². The normalized spacial score (nSPS) is 18.1. The van der Waals surface area contributed by atoms with Gasteiger partial charge in [0.05, 0.1) is 12.6 Å². The van der Waals surface area contributed by atoms with Gasteiger partial charge in [0, 0.05) is 28.5 Å². The van der Waals surface area contributed by atoms with Crippen LogP contribution in [0.2, 0.25) is 0 Å². The van der Waals surface area contributed by atoms with Crippen molar-refractivity contribution in [1.82, 2.24) is 9.29 Å². The highest BCUT2D eigenvalue weighted by Gasteiger charge is 2.33. The molecule has 3 aromatic carbocycles. The third kappa shape index (κ3) is 2.96. The lowest BCUT2D eigenvalue weighted by Gasteiger charge is -2.32. The van der Waals surface area contributed by atoms with E-state index < -0.39 is 11.0 Å². The lowest BCUT2D eigenvalue weighted by atomic mass is 10.0. The number of hydrogen-bond acceptors (Lipinski definition) is 2. The van der Waals surface area contributed by atoms with Gasteiger partial charge in [-0.1, -0.05) is 48.5 Å². The summed E-state index contributed by atoms with van der Waals surface area (Å²) >= 11 is 0. The Hall–Kier alpha value is -2.63. The Bertz CT molecular complexity index is 1230. The average Bonchev–Trinajstić information content (AvgIpc) is 3.13. The molecule has 0 saturated carbocycles. The van der Waals surface area contributed by atoms with E-state index in [1.807, 2.05) is 37.3 Å². The van der Waals surface area contributed by atoms with Gasteiger partial charge in [0.1, 0.15) is 21.6 Å². The van der Waals surface area contributed by atoms with Crippen LogP contribution in [0.15, 0.2) is 65.6 Å². The summed E-state index contributed by atoms with van der Waals surface area (Å²) in [6.45, 7) is 5.39. The van der Waals surface area contributed by atoms with Crippen molar-refractivity contribution in [3.05, 3.63) is 71.9 Å². The molecule has 0 bridgehead atoms. The van der Waals surface area contributed by atoms with Crippen molar-refractivity contribution in [2.75, 3.05) is 13.2 Å². The Labute approximate surface area is 173 Å². The molecule has 29 heavy (non-hydrogen) atoms. The molecule has 5 heteroatoms. The third-order valence-electron chi connectivity index (χ3n) is 5.81. The van der Waals surface area contributed by atoms with E-state index in [1.165, 1.54) is 16.6 Å². The number of rotatable bonds is 4. The molecule has 4 nitrogen and oxygen atoms in total. The highest BCUT2D eigenvalue weighted by Crippen LogP contribution is 2.39. The van der Waals surface area contributed by atoms with Crippen LogP contribution >= 0.6 is 0 Å². The second-order valence-electron chi connectivity index (χ2n) is 7.43. The fourth-order valence-corrected chi connectivity index (χ4v) is 5.98. The highest BCUT2D eigenvalue weighted by molar-refractivity contribution is 7.83. The number of H-pyrrole nitrogens is 1. The van der Waals surface area contributed by atoms with E-state index in [2.05, 4.69) is 46.5 Å². The molecule has 0 spiro atoms. The Morgan fingerprint density at radius 2 is 1.83 bits per heavy atom. The molecular weight excluding hydrogens is 380 g/mol. The zero-order valence-corrected chi connectivity index (χ0v) is 17.5. The monoisotopic (exact) mass is 404 g/mol. The summed E-state index contributed by atoms with van der Waals surface area (Å²) in [5, 5.41) is 3.35. The van der Waals surface area contributed by atoms with Gasteiger partial charge in [-0.2, -0.15) is 0 Å². The number of aromatic amines is 1. The number of benzene rings is 3. The number of ether oxygens (including phenoxy) is 1. The smallest absolute Gasteiger partial charge is 0.137 e. The van der Waals surface area contributed by atoms with Gasteiger partial charge in [0.2, 0.25) is 0 Å². The van der Waals surface area contributed by atoms with E-state index >= 15 is 0 Å². The second-order valence-corrected chi connectivity index (χ2v) is 8.80. The number of nitrogens with one attached hydrogen (secondary N) is 1. The van der Waals surface area contributed by atoms with Gasteiger partial charge >= 0.3 is 0 Å². The number of hydrogen-bond donors (Lipinski definition) is 1. The van der Waals surface area contributed by atoms with Crippen molar-refractivity contribution in [2.24, 2.45) is 0 Å². The molecule has 0 radical (unpaired) electrons. The molecule has 1 N–H and O–H groups in total. The number of aromatic nitrogens is 1. The first-order valence-electron chi connectivity index (χ1n) is 10.1. The van der Waals surface area contributed by atoms with Crippen LogP contribution in [0, 0.1) is 0 Å². The van der Waals surface area contributed by atoms with Gasteiger partial charge in [-0.3, -0.25) is 0 Å². The lowest BCUT2D eigenvalue weighted by molar-refractivity contribution is 0.324. The third-order valence-corrected chi connectivity index (χ3v) is 7.50. The first-order chi connectivity index (χ1) is 14.2. The van der Waals surface area contributed by atoms with E-state index in [4.69, 9.17) is 4.74 Å². The van der Waals surface area contributed by atoms with Crippen LogP contribution in [-0.2, 0) is 17.4 Å². The summed E-state index contributed by atoms with van der Waals surface area (Å²) in [6.07, 6.45) is 0.879. The van der Waals surface area contributed by atoms with Crippen molar-refractivity contribution in [2.45, 2.75) is 31.2 Å². The van der Waals surface area contributed by atoms with Gasteiger partial charge in [0.25, 0.3) is 0 Å². The van der Waals surface area contributed by atoms with E-state index in [0.717, 1.165) is 34.2 Å². The van der Waals surface area contributed by atoms with Crippen molar-refractivity contribution < 1.29 is 8.95 Å². The highest BCUT2D eigenvalue weighted by atomic mass is 32.2. The summed E-state index contributed by atoms with van der Waals surface area (Å²) in [6, 6.07) is 20.5. The molecule has 0 fully saturated rings. The minimum atomic E-state index is -1.33. The predicted octanol–water partition coefficient (Wildman–Crippen LogP) is 5.36. The van der Waals surface area contributed by atoms with E-state index in [0.29, 0.717) is 12.4 Å². The molecule has 5 rings (SSSR count). The maximum absolute atomic E-state index is 13.9. The SMILES string of the molecule is CCOc1ccc2ccccc2c1S(=O)N1CCc2c([nH]c3ccccc23)C1C. The second kappa shape index (κ2) is 7.32. The van der Waals surface area contributed by atoms with E-state index in [9.17, 15) is 4.21 Å². The fourth-order valence-electron chi connectivity index (χ4n) is 4.42. The molecule has 1 aromatic heterocycles. The van der Waals surface area contributed by atoms with Crippen LogP contribution in [0.5, 0.6) is 5.75 Å². The van der Waals surface area contributed by atoms with E-state index in [-0.39, 0.29) is 6.04 Å². The van der Waals surface area contributed by atoms with Crippen LogP contribution in [0.25, 0.3) is 21.7 Å². The van der Waals surface area contributed by atoms with Crippen molar-refractivity contribution in [1.29, 1.82) is 0 Å².